The third-order valence-electron chi connectivity index (χ3n) is 7.05. The number of hydrogen-bond donors (Lipinski definition) is 1. The minimum Gasteiger partial charge on any atom is -0.467 e. The normalized spacial score (nSPS) is 25.2. The average Bonchev–Trinajstić information content (AvgIpc) is 2.77. The van der Waals surface area contributed by atoms with Crippen LogP contribution in [0.4, 0.5) is 0 Å². The maximum atomic E-state index is 13.3. The van der Waals surface area contributed by atoms with Crippen LogP contribution in [0.5, 0.6) is 0 Å². The highest BCUT2D eigenvalue weighted by atomic mass is 28.4. The summed E-state index contributed by atoms with van der Waals surface area (Å²) in [5, 5.41) is 9.62. The molecule has 0 bridgehead atoms. The van der Waals surface area contributed by atoms with Crippen molar-refractivity contribution in [2.75, 3.05) is 20.5 Å². The van der Waals surface area contributed by atoms with E-state index in [-0.39, 0.29) is 37.2 Å². The molecule has 1 saturated carbocycles. The third-order valence-corrected chi connectivity index (χ3v) is 11.6. The summed E-state index contributed by atoms with van der Waals surface area (Å²) in [5.41, 5.74) is -0.280. The van der Waals surface area contributed by atoms with Crippen molar-refractivity contribution >= 4 is 20.3 Å². The van der Waals surface area contributed by atoms with Crippen LogP contribution in [-0.2, 0) is 39.6 Å². The van der Waals surface area contributed by atoms with E-state index in [1.54, 1.807) is 0 Å². The number of benzene rings is 1. The molecule has 1 aliphatic rings. The van der Waals surface area contributed by atoms with Crippen molar-refractivity contribution in [2.24, 2.45) is 5.92 Å². The molecule has 1 N–H and O–H groups in total. The van der Waals surface area contributed by atoms with Gasteiger partial charge in [-0.05, 0) is 36.5 Å². The molecule has 0 heterocycles. The molecule has 0 amide bonds. The molecule has 0 aromatic heterocycles. The highest BCUT2D eigenvalue weighted by Crippen LogP contribution is 2.46. The summed E-state index contributed by atoms with van der Waals surface area (Å²) in [6, 6.07) is 9.70. The van der Waals surface area contributed by atoms with Crippen LogP contribution in [0, 0.1) is 5.92 Å². The number of hydrogen-bond acceptors (Lipinski definition) is 8. The number of aliphatic hydroxyl groups excluding tert-OH is 1. The zero-order valence-corrected chi connectivity index (χ0v) is 23.2. The molecule has 0 radical (unpaired) electrons. The van der Waals surface area contributed by atoms with Gasteiger partial charge in [0.15, 0.2) is 13.9 Å². The standard InChI is InChI=1S/C26H42O8Si/c1-19(28)33-23-21(13-14-27)15-26(24(29)30-5,34-35(6,7)25(2,3)4)16-22(23)32-18-31-17-20-11-9-8-10-12-20/h8-12,21-23,27H,13-18H2,1-7H3/t21-,22-,23-,26+/m1/s1. The van der Waals surface area contributed by atoms with Crippen LogP contribution in [0.25, 0.3) is 0 Å². The molecule has 1 aromatic rings. The first-order valence-corrected chi connectivity index (χ1v) is 15.1. The summed E-state index contributed by atoms with van der Waals surface area (Å²) < 4.78 is 29.4. The Labute approximate surface area is 210 Å². The van der Waals surface area contributed by atoms with Crippen LogP contribution in [-0.4, -0.2) is 63.7 Å². The minimum atomic E-state index is -2.42. The van der Waals surface area contributed by atoms with Crippen molar-refractivity contribution in [2.45, 2.75) is 89.5 Å². The van der Waals surface area contributed by atoms with Gasteiger partial charge in [0, 0.05) is 25.9 Å². The monoisotopic (exact) mass is 510 g/mol. The van der Waals surface area contributed by atoms with Crippen LogP contribution in [0.1, 0.15) is 52.5 Å². The Kier molecular flexibility index (Phi) is 10.5. The van der Waals surface area contributed by atoms with Crippen LogP contribution in [0.2, 0.25) is 18.1 Å². The zero-order chi connectivity index (χ0) is 26.3. The minimum absolute atomic E-state index is 0.0550. The Bertz CT molecular complexity index is 822. The fourth-order valence-electron chi connectivity index (χ4n) is 4.31. The molecular weight excluding hydrogens is 468 g/mol. The Hall–Kier alpha value is -1.78. The number of methoxy groups -OCH3 is 1. The van der Waals surface area contributed by atoms with Gasteiger partial charge < -0.3 is 28.5 Å². The lowest BCUT2D eigenvalue weighted by molar-refractivity contribution is -0.210. The highest BCUT2D eigenvalue weighted by Gasteiger charge is 2.57. The maximum Gasteiger partial charge on any atom is 0.337 e. The second-order valence-corrected chi connectivity index (χ2v) is 15.5. The lowest BCUT2D eigenvalue weighted by Gasteiger charge is -2.50. The second kappa shape index (κ2) is 12.4. The van der Waals surface area contributed by atoms with E-state index in [0.29, 0.717) is 13.0 Å². The zero-order valence-electron chi connectivity index (χ0n) is 22.2. The van der Waals surface area contributed by atoms with Crippen molar-refractivity contribution < 1.29 is 38.1 Å². The van der Waals surface area contributed by atoms with Crippen LogP contribution >= 0.6 is 0 Å². The summed E-state index contributed by atoms with van der Waals surface area (Å²) >= 11 is 0. The van der Waals surface area contributed by atoms with Crippen molar-refractivity contribution in [1.82, 2.24) is 0 Å². The van der Waals surface area contributed by atoms with Crippen LogP contribution in [0.3, 0.4) is 0 Å². The summed E-state index contributed by atoms with van der Waals surface area (Å²) in [7, 11) is -1.08. The molecule has 35 heavy (non-hydrogen) atoms. The van der Waals surface area contributed by atoms with Gasteiger partial charge in [-0.3, -0.25) is 4.79 Å². The molecule has 0 aliphatic heterocycles. The quantitative estimate of drug-likeness (QED) is 0.205. The SMILES string of the molecule is COC(=O)[C@]1(O[Si](C)(C)C(C)(C)C)C[C@@H](CCO)[C@@H](OC(C)=O)[C@H](OCOCc2ccccc2)C1. The van der Waals surface area contributed by atoms with E-state index in [4.69, 9.17) is 23.4 Å². The van der Waals surface area contributed by atoms with Crippen LogP contribution in [0.15, 0.2) is 30.3 Å². The largest absolute Gasteiger partial charge is 0.467 e. The number of esters is 2. The predicted octanol–water partition coefficient (Wildman–Crippen LogP) is 4.20. The van der Waals surface area contributed by atoms with Gasteiger partial charge in [-0.15, -0.1) is 0 Å². The fraction of sp³-hybridized carbons (Fsp3) is 0.692. The van der Waals surface area contributed by atoms with Crippen molar-refractivity contribution in [3.63, 3.8) is 0 Å². The van der Waals surface area contributed by atoms with Gasteiger partial charge in [0.2, 0.25) is 0 Å². The molecule has 1 aromatic carbocycles. The van der Waals surface area contributed by atoms with Crippen molar-refractivity contribution in [3.8, 4) is 0 Å². The van der Waals surface area contributed by atoms with Crippen molar-refractivity contribution in [1.29, 1.82) is 0 Å². The van der Waals surface area contributed by atoms with Gasteiger partial charge >= 0.3 is 11.9 Å². The number of aliphatic hydroxyl groups is 1. The van der Waals surface area contributed by atoms with Crippen molar-refractivity contribution in [3.05, 3.63) is 35.9 Å². The number of carbonyl (C=O) groups excluding carboxylic acids is 2. The molecule has 9 heteroatoms. The molecule has 0 spiro atoms. The Morgan fingerprint density at radius 3 is 2.34 bits per heavy atom. The Morgan fingerprint density at radius 1 is 1.14 bits per heavy atom. The molecule has 0 saturated heterocycles. The summed E-state index contributed by atoms with van der Waals surface area (Å²) in [6.07, 6.45) is -0.594. The molecule has 4 atom stereocenters. The second-order valence-electron chi connectivity index (χ2n) is 10.8. The predicted molar refractivity (Wildman–Crippen MR) is 134 cm³/mol. The molecule has 1 aliphatic carbocycles. The molecule has 198 valence electrons. The number of rotatable bonds is 11. The summed E-state index contributed by atoms with van der Waals surface area (Å²) in [4.78, 5) is 25.2. The molecule has 2 rings (SSSR count). The smallest absolute Gasteiger partial charge is 0.337 e. The van der Waals surface area contributed by atoms with Gasteiger partial charge in [0.25, 0.3) is 0 Å². The Morgan fingerprint density at radius 2 is 1.80 bits per heavy atom. The van der Waals surface area contributed by atoms with E-state index in [1.807, 2.05) is 30.3 Å². The van der Waals surface area contributed by atoms with Gasteiger partial charge in [0.1, 0.15) is 19.0 Å². The van der Waals surface area contributed by atoms with E-state index in [2.05, 4.69) is 33.9 Å². The highest BCUT2D eigenvalue weighted by molar-refractivity contribution is 6.74. The first-order valence-electron chi connectivity index (χ1n) is 12.1. The van der Waals surface area contributed by atoms with Gasteiger partial charge in [0.05, 0.1) is 13.7 Å². The number of ether oxygens (including phenoxy) is 4. The van der Waals surface area contributed by atoms with E-state index in [9.17, 15) is 14.7 Å². The van der Waals surface area contributed by atoms with Gasteiger partial charge in [-0.2, -0.15) is 0 Å². The third kappa shape index (κ3) is 7.85. The fourth-order valence-corrected chi connectivity index (χ4v) is 5.84. The summed E-state index contributed by atoms with van der Waals surface area (Å²) in [6.45, 7) is 12.0. The molecule has 0 unspecified atom stereocenters. The average molecular weight is 511 g/mol. The van der Waals surface area contributed by atoms with E-state index >= 15 is 0 Å². The maximum absolute atomic E-state index is 13.3. The van der Waals surface area contributed by atoms with E-state index in [0.717, 1.165) is 5.56 Å². The van der Waals surface area contributed by atoms with Gasteiger partial charge in [-0.25, -0.2) is 4.79 Å². The van der Waals surface area contributed by atoms with E-state index < -0.39 is 38.1 Å². The number of carbonyl (C=O) groups is 2. The lowest BCUT2D eigenvalue weighted by Crippen LogP contribution is -2.61. The molecular formula is C26H42O8Si. The lowest BCUT2D eigenvalue weighted by atomic mass is 9.73. The van der Waals surface area contributed by atoms with E-state index in [1.165, 1.54) is 14.0 Å². The van der Waals surface area contributed by atoms with Crippen LogP contribution < -0.4 is 0 Å². The topological polar surface area (TPSA) is 101 Å². The first-order chi connectivity index (χ1) is 16.3. The van der Waals surface area contributed by atoms with Gasteiger partial charge in [-0.1, -0.05) is 51.1 Å². The molecule has 8 nitrogen and oxygen atoms in total. The molecule has 1 fully saturated rings. The summed E-state index contributed by atoms with van der Waals surface area (Å²) in [5.74, 6) is -1.29. The first kappa shape index (κ1) is 29.4. The Balaban J connectivity index is 2.33.